The maximum atomic E-state index is 4.57. The lowest BCUT2D eigenvalue weighted by Crippen LogP contribution is -1.85. The third-order valence-corrected chi connectivity index (χ3v) is 4.37. The Hall–Kier alpha value is -3.48. The van der Waals surface area contributed by atoms with Crippen molar-refractivity contribution < 1.29 is 0 Å². The first-order valence-corrected chi connectivity index (χ1v) is 7.93. The molecule has 122 valence electrons. The van der Waals surface area contributed by atoms with E-state index in [1.54, 1.807) is 9.36 Å². The Bertz CT molecular complexity index is 1130. The maximum Gasteiger partial charge on any atom is 0.138 e. The minimum absolute atomic E-state index is 0.854. The summed E-state index contributed by atoms with van der Waals surface area (Å²) in [5, 5.41) is 10.6. The number of rotatable bonds is 2. The molecule has 0 unspecified atom stereocenters. The van der Waals surface area contributed by atoms with E-state index in [0.29, 0.717) is 0 Å². The van der Waals surface area contributed by atoms with Gasteiger partial charge in [0, 0.05) is 60.1 Å². The zero-order valence-corrected chi connectivity index (χ0v) is 13.8. The Morgan fingerprint density at radius 2 is 1.52 bits per heavy atom. The molecule has 25 heavy (non-hydrogen) atoms. The molecule has 0 saturated heterocycles. The van der Waals surface area contributed by atoms with E-state index in [0.717, 1.165) is 44.3 Å². The van der Waals surface area contributed by atoms with E-state index >= 15 is 0 Å². The van der Waals surface area contributed by atoms with Gasteiger partial charge in [-0.2, -0.15) is 10.2 Å². The molecular formula is C18H15N7. The predicted molar refractivity (Wildman–Crippen MR) is 95.8 cm³/mol. The summed E-state index contributed by atoms with van der Waals surface area (Å²) in [6.45, 7) is 0. The number of H-pyrrole nitrogens is 1. The molecule has 0 radical (unpaired) electrons. The third-order valence-electron chi connectivity index (χ3n) is 4.37. The number of aromatic nitrogens is 7. The topological polar surface area (TPSA) is 77.2 Å². The van der Waals surface area contributed by atoms with E-state index in [-0.39, 0.29) is 0 Å². The number of pyridine rings is 2. The number of hydrogen-bond donors (Lipinski definition) is 1. The largest absolute Gasteiger partial charge is 0.338 e. The summed E-state index contributed by atoms with van der Waals surface area (Å²) in [6, 6.07) is 4.23. The summed E-state index contributed by atoms with van der Waals surface area (Å²) in [4.78, 5) is 12.4. The Morgan fingerprint density at radius 1 is 0.760 bits per heavy atom. The molecule has 5 heterocycles. The summed E-state index contributed by atoms with van der Waals surface area (Å²) >= 11 is 0. The van der Waals surface area contributed by atoms with Gasteiger partial charge in [0.25, 0.3) is 0 Å². The molecule has 7 nitrogen and oxygen atoms in total. The standard InChI is InChI=1S/C18H15N7/c1-24-9-12(6-21-24)11-3-15-14-4-16(13-7-22-25(2)10-13)19-8-17(14)23-18(15)20-5-11/h3-10H,1-2H3,(H,20,23). The number of nitrogens with one attached hydrogen (secondary N) is 1. The fourth-order valence-electron chi connectivity index (χ4n) is 3.11. The van der Waals surface area contributed by atoms with Gasteiger partial charge in [0.15, 0.2) is 0 Å². The molecule has 5 rings (SSSR count). The molecule has 0 saturated carbocycles. The van der Waals surface area contributed by atoms with E-state index in [1.165, 1.54) is 0 Å². The first-order chi connectivity index (χ1) is 12.2. The number of aryl methyl sites for hydroxylation is 2. The van der Waals surface area contributed by atoms with Gasteiger partial charge < -0.3 is 4.98 Å². The first kappa shape index (κ1) is 13.9. The molecule has 0 amide bonds. The molecule has 7 heteroatoms. The van der Waals surface area contributed by atoms with Crippen LogP contribution in [0.3, 0.4) is 0 Å². The molecule has 0 spiro atoms. The van der Waals surface area contributed by atoms with Crippen molar-refractivity contribution in [1.82, 2.24) is 34.5 Å². The van der Waals surface area contributed by atoms with E-state index in [9.17, 15) is 0 Å². The fraction of sp³-hybridized carbons (Fsp3) is 0.111. The van der Waals surface area contributed by atoms with Crippen LogP contribution in [0.5, 0.6) is 0 Å². The number of nitrogens with zero attached hydrogens (tertiary/aromatic N) is 6. The second kappa shape index (κ2) is 5.01. The Morgan fingerprint density at radius 3 is 2.24 bits per heavy atom. The lowest BCUT2D eigenvalue weighted by molar-refractivity contribution is 0.768. The molecule has 0 bridgehead atoms. The van der Waals surface area contributed by atoms with Gasteiger partial charge in [-0.15, -0.1) is 0 Å². The van der Waals surface area contributed by atoms with E-state index in [4.69, 9.17) is 0 Å². The summed E-state index contributed by atoms with van der Waals surface area (Å²) in [5.41, 5.74) is 5.81. The highest BCUT2D eigenvalue weighted by Crippen LogP contribution is 2.30. The molecule has 1 N–H and O–H groups in total. The lowest BCUT2D eigenvalue weighted by Gasteiger charge is -1.99. The third kappa shape index (κ3) is 2.20. The van der Waals surface area contributed by atoms with Gasteiger partial charge in [-0.3, -0.25) is 14.3 Å². The van der Waals surface area contributed by atoms with Crippen LogP contribution < -0.4 is 0 Å². The van der Waals surface area contributed by atoms with Crippen molar-refractivity contribution >= 4 is 21.9 Å². The van der Waals surface area contributed by atoms with Crippen molar-refractivity contribution in [2.24, 2.45) is 14.1 Å². The maximum absolute atomic E-state index is 4.57. The predicted octanol–water partition coefficient (Wildman–Crippen LogP) is 2.91. The Balaban J connectivity index is 1.72. The van der Waals surface area contributed by atoms with Gasteiger partial charge in [0.05, 0.1) is 29.8 Å². The smallest absolute Gasteiger partial charge is 0.138 e. The van der Waals surface area contributed by atoms with Gasteiger partial charge in [0.2, 0.25) is 0 Å². The van der Waals surface area contributed by atoms with Crippen LogP contribution in [0.2, 0.25) is 0 Å². The highest BCUT2D eigenvalue weighted by molar-refractivity contribution is 6.07. The van der Waals surface area contributed by atoms with E-state index in [2.05, 4.69) is 37.3 Å². The van der Waals surface area contributed by atoms with Gasteiger partial charge in [-0.05, 0) is 12.1 Å². The van der Waals surface area contributed by atoms with E-state index < -0.39 is 0 Å². The first-order valence-electron chi connectivity index (χ1n) is 7.93. The van der Waals surface area contributed by atoms with Crippen LogP contribution >= 0.6 is 0 Å². The zero-order chi connectivity index (χ0) is 17.0. The monoisotopic (exact) mass is 329 g/mol. The van der Waals surface area contributed by atoms with Crippen molar-refractivity contribution in [3.8, 4) is 22.4 Å². The quantitative estimate of drug-likeness (QED) is 0.540. The molecule has 5 aromatic rings. The summed E-state index contributed by atoms with van der Waals surface area (Å²) in [5.74, 6) is 0. The summed E-state index contributed by atoms with van der Waals surface area (Å²) in [7, 11) is 3.81. The highest BCUT2D eigenvalue weighted by Gasteiger charge is 2.11. The average Bonchev–Trinajstić information content (AvgIpc) is 3.32. The lowest BCUT2D eigenvalue weighted by atomic mass is 10.1. The van der Waals surface area contributed by atoms with Crippen LogP contribution in [0.15, 0.2) is 49.3 Å². The molecule has 0 aromatic carbocycles. The van der Waals surface area contributed by atoms with Gasteiger partial charge >= 0.3 is 0 Å². The minimum Gasteiger partial charge on any atom is -0.338 e. The summed E-state index contributed by atoms with van der Waals surface area (Å²) < 4.78 is 3.57. The second-order valence-corrected chi connectivity index (χ2v) is 6.17. The van der Waals surface area contributed by atoms with Crippen LogP contribution in [0, 0.1) is 0 Å². The van der Waals surface area contributed by atoms with Crippen LogP contribution in [0.1, 0.15) is 0 Å². The Labute approximate surface area is 143 Å². The van der Waals surface area contributed by atoms with Gasteiger partial charge in [0.1, 0.15) is 5.65 Å². The molecule has 0 aliphatic rings. The molecule has 5 aromatic heterocycles. The molecule has 0 aliphatic carbocycles. The van der Waals surface area contributed by atoms with Crippen molar-refractivity contribution in [3.05, 3.63) is 49.3 Å². The SMILES string of the molecule is Cn1cc(-c2cnc3[nH]c4cnc(-c5cnn(C)c5)cc4c3c2)cn1. The van der Waals surface area contributed by atoms with Crippen molar-refractivity contribution in [1.29, 1.82) is 0 Å². The second-order valence-electron chi connectivity index (χ2n) is 6.17. The minimum atomic E-state index is 0.854. The zero-order valence-electron chi connectivity index (χ0n) is 13.8. The van der Waals surface area contributed by atoms with Crippen LogP contribution in [-0.2, 0) is 14.1 Å². The fourth-order valence-corrected chi connectivity index (χ4v) is 3.11. The van der Waals surface area contributed by atoms with E-state index in [1.807, 2.05) is 51.3 Å². The molecule has 0 fully saturated rings. The normalized spacial score (nSPS) is 11.6. The average molecular weight is 329 g/mol. The summed E-state index contributed by atoms with van der Waals surface area (Å²) in [6.07, 6.45) is 11.3. The molecular weight excluding hydrogens is 314 g/mol. The number of hydrogen-bond acceptors (Lipinski definition) is 4. The van der Waals surface area contributed by atoms with Crippen LogP contribution in [0.25, 0.3) is 44.3 Å². The van der Waals surface area contributed by atoms with Crippen LogP contribution in [-0.4, -0.2) is 34.5 Å². The highest BCUT2D eigenvalue weighted by atomic mass is 15.2. The van der Waals surface area contributed by atoms with Gasteiger partial charge in [-0.1, -0.05) is 0 Å². The molecule has 0 atom stereocenters. The van der Waals surface area contributed by atoms with Gasteiger partial charge in [-0.25, -0.2) is 4.98 Å². The number of aromatic amines is 1. The van der Waals surface area contributed by atoms with Crippen molar-refractivity contribution in [2.75, 3.05) is 0 Å². The number of fused-ring (bicyclic) bond motifs is 3. The molecule has 0 aliphatic heterocycles. The van der Waals surface area contributed by atoms with Crippen molar-refractivity contribution in [3.63, 3.8) is 0 Å². The Kier molecular flexibility index (Phi) is 2.79. The van der Waals surface area contributed by atoms with Crippen molar-refractivity contribution in [2.45, 2.75) is 0 Å². The van der Waals surface area contributed by atoms with Crippen LogP contribution in [0.4, 0.5) is 0 Å².